The minimum Gasteiger partial charge on any atom is -0.368 e. The van der Waals surface area contributed by atoms with Crippen molar-refractivity contribution in [3.8, 4) is 0 Å². The fraction of sp³-hybridized carbons (Fsp3) is 0.647. The van der Waals surface area contributed by atoms with Gasteiger partial charge < -0.3 is 10.2 Å². The van der Waals surface area contributed by atoms with Crippen molar-refractivity contribution < 1.29 is 4.39 Å². The highest BCUT2D eigenvalue weighted by molar-refractivity contribution is 5.56. The zero-order valence-corrected chi connectivity index (χ0v) is 11.9. The lowest BCUT2D eigenvalue weighted by molar-refractivity contribution is 0.583. The van der Waals surface area contributed by atoms with Crippen molar-refractivity contribution >= 4 is 5.69 Å². The summed E-state index contributed by atoms with van der Waals surface area (Å²) in [6.07, 6.45) is 7.76. The van der Waals surface area contributed by atoms with Crippen LogP contribution in [0.3, 0.4) is 0 Å². The molecule has 0 bridgehead atoms. The van der Waals surface area contributed by atoms with Gasteiger partial charge >= 0.3 is 0 Å². The van der Waals surface area contributed by atoms with Gasteiger partial charge in [-0.15, -0.1) is 0 Å². The van der Waals surface area contributed by atoms with Crippen LogP contribution in [0.15, 0.2) is 18.2 Å². The quantitative estimate of drug-likeness (QED) is 0.819. The predicted molar refractivity (Wildman–Crippen MR) is 79.4 cm³/mol. The summed E-state index contributed by atoms with van der Waals surface area (Å²) in [4.78, 5) is 2.49. The molecular weight excluding hydrogens is 251 g/mol. The van der Waals surface area contributed by atoms with Crippen LogP contribution in [0.2, 0.25) is 0 Å². The monoisotopic (exact) mass is 274 g/mol. The van der Waals surface area contributed by atoms with E-state index < -0.39 is 0 Å². The van der Waals surface area contributed by atoms with Crippen LogP contribution in [-0.2, 0) is 6.54 Å². The number of rotatable bonds is 7. The van der Waals surface area contributed by atoms with Crippen LogP contribution in [0.1, 0.15) is 44.1 Å². The summed E-state index contributed by atoms with van der Waals surface area (Å²) >= 11 is 0. The second-order valence-corrected chi connectivity index (χ2v) is 6.72. The molecule has 0 aromatic heterocycles. The third-order valence-corrected chi connectivity index (χ3v) is 4.69. The van der Waals surface area contributed by atoms with Gasteiger partial charge in [-0.2, -0.15) is 0 Å². The third kappa shape index (κ3) is 2.83. The lowest BCUT2D eigenvalue weighted by atomic mass is 10.1. The van der Waals surface area contributed by atoms with E-state index in [9.17, 15) is 4.39 Å². The van der Waals surface area contributed by atoms with Gasteiger partial charge in [-0.25, -0.2) is 4.39 Å². The highest BCUT2D eigenvalue weighted by atomic mass is 19.1. The maximum Gasteiger partial charge on any atom is 0.129 e. The molecule has 0 spiro atoms. The number of hydrogen-bond acceptors (Lipinski definition) is 2. The molecule has 1 N–H and O–H groups in total. The Kier molecular flexibility index (Phi) is 3.18. The summed E-state index contributed by atoms with van der Waals surface area (Å²) in [7, 11) is 0. The van der Waals surface area contributed by atoms with Gasteiger partial charge in [0.2, 0.25) is 0 Å². The van der Waals surface area contributed by atoms with E-state index in [-0.39, 0.29) is 5.82 Å². The van der Waals surface area contributed by atoms with E-state index in [0.717, 1.165) is 23.7 Å². The molecule has 0 radical (unpaired) electrons. The first-order valence-corrected chi connectivity index (χ1v) is 8.08. The Labute approximate surface area is 120 Å². The molecule has 4 rings (SSSR count). The summed E-state index contributed by atoms with van der Waals surface area (Å²) in [5.41, 5.74) is 2.03. The van der Waals surface area contributed by atoms with Gasteiger partial charge in [0.05, 0.1) is 0 Å². The van der Waals surface area contributed by atoms with Crippen molar-refractivity contribution in [3.63, 3.8) is 0 Å². The molecule has 3 aliphatic rings. The van der Waals surface area contributed by atoms with Gasteiger partial charge in [0.15, 0.2) is 0 Å². The number of anilines is 1. The van der Waals surface area contributed by atoms with Crippen LogP contribution >= 0.6 is 0 Å². The maximum atomic E-state index is 14.3. The summed E-state index contributed by atoms with van der Waals surface area (Å²) in [5.74, 6) is 0.806. The normalized spacial score (nSPS) is 22.1. The van der Waals surface area contributed by atoms with Crippen LogP contribution < -0.4 is 10.2 Å². The van der Waals surface area contributed by atoms with Crippen LogP contribution in [0, 0.1) is 11.7 Å². The van der Waals surface area contributed by atoms with Crippen LogP contribution in [0.25, 0.3) is 0 Å². The summed E-state index contributed by atoms with van der Waals surface area (Å²) in [6.45, 7) is 1.81. The molecule has 0 aliphatic heterocycles. The topological polar surface area (TPSA) is 15.3 Å². The lowest BCUT2D eigenvalue weighted by Crippen LogP contribution is -2.30. The van der Waals surface area contributed by atoms with Crippen molar-refractivity contribution in [1.29, 1.82) is 0 Å². The average molecular weight is 274 g/mol. The maximum absolute atomic E-state index is 14.3. The molecule has 3 fully saturated rings. The van der Waals surface area contributed by atoms with Crippen molar-refractivity contribution in [2.45, 2.75) is 57.2 Å². The van der Waals surface area contributed by atoms with E-state index in [1.54, 1.807) is 6.07 Å². The highest BCUT2D eigenvalue weighted by Crippen LogP contribution is 2.39. The molecule has 0 amide bonds. The van der Waals surface area contributed by atoms with E-state index in [4.69, 9.17) is 0 Å². The van der Waals surface area contributed by atoms with Gasteiger partial charge in [0, 0.05) is 36.4 Å². The van der Waals surface area contributed by atoms with E-state index in [0.29, 0.717) is 18.6 Å². The highest BCUT2D eigenvalue weighted by Gasteiger charge is 2.35. The van der Waals surface area contributed by atoms with Crippen molar-refractivity contribution in [3.05, 3.63) is 29.6 Å². The predicted octanol–water partition coefficient (Wildman–Crippen LogP) is 3.46. The number of benzene rings is 1. The Morgan fingerprint density at radius 2 is 1.90 bits per heavy atom. The summed E-state index contributed by atoms with van der Waals surface area (Å²) in [6, 6.07) is 6.88. The fourth-order valence-corrected chi connectivity index (χ4v) is 2.93. The molecule has 3 saturated carbocycles. The largest absolute Gasteiger partial charge is 0.368 e. The Hall–Kier alpha value is -1.09. The first-order valence-electron chi connectivity index (χ1n) is 8.08. The van der Waals surface area contributed by atoms with Crippen molar-refractivity contribution in [2.75, 3.05) is 11.4 Å². The summed E-state index contributed by atoms with van der Waals surface area (Å²) in [5, 5.41) is 3.47. The van der Waals surface area contributed by atoms with Crippen LogP contribution in [0.5, 0.6) is 0 Å². The Morgan fingerprint density at radius 1 is 1.10 bits per heavy atom. The molecule has 20 heavy (non-hydrogen) atoms. The van der Waals surface area contributed by atoms with Crippen LogP contribution in [-0.4, -0.2) is 18.6 Å². The molecule has 108 valence electrons. The second kappa shape index (κ2) is 5.03. The van der Waals surface area contributed by atoms with Gasteiger partial charge in [0.1, 0.15) is 5.82 Å². The van der Waals surface area contributed by atoms with Crippen molar-refractivity contribution in [2.24, 2.45) is 5.92 Å². The van der Waals surface area contributed by atoms with Gasteiger partial charge in [-0.1, -0.05) is 6.07 Å². The lowest BCUT2D eigenvalue weighted by Gasteiger charge is -2.27. The zero-order chi connectivity index (χ0) is 13.5. The van der Waals surface area contributed by atoms with Gasteiger partial charge in [-0.05, 0) is 56.6 Å². The Bertz CT molecular complexity index is 490. The number of hydrogen-bond donors (Lipinski definition) is 1. The molecule has 2 nitrogen and oxygen atoms in total. The smallest absolute Gasteiger partial charge is 0.129 e. The number of nitrogens with zero attached hydrogens (tertiary/aromatic N) is 1. The molecule has 1 aromatic carbocycles. The van der Waals surface area contributed by atoms with E-state index in [2.05, 4.69) is 16.3 Å². The van der Waals surface area contributed by atoms with E-state index >= 15 is 0 Å². The Balaban J connectivity index is 1.57. The molecule has 3 aliphatic carbocycles. The molecule has 1 aromatic rings. The molecule has 0 unspecified atom stereocenters. The second-order valence-electron chi connectivity index (χ2n) is 6.72. The molecule has 0 atom stereocenters. The summed E-state index contributed by atoms with van der Waals surface area (Å²) < 4.78 is 14.3. The minimum atomic E-state index is -0.0444. The first kappa shape index (κ1) is 12.6. The molecular formula is C17H23FN2. The molecule has 3 heteroatoms. The molecule has 0 heterocycles. The zero-order valence-electron chi connectivity index (χ0n) is 11.9. The van der Waals surface area contributed by atoms with E-state index in [1.165, 1.54) is 38.5 Å². The third-order valence-electron chi connectivity index (χ3n) is 4.69. The number of halogens is 1. The standard InChI is InChI=1S/C17H23FN2/c18-16-2-1-3-17(15(16)10-19-13-6-7-13)20(14-8-9-14)11-12-4-5-12/h1-3,12-14,19H,4-11H2. The minimum absolute atomic E-state index is 0.0444. The SMILES string of the molecule is Fc1cccc(N(CC2CC2)C2CC2)c1CNC1CC1. The van der Waals surface area contributed by atoms with Crippen molar-refractivity contribution in [1.82, 2.24) is 5.32 Å². The first-order chi connectivity index (χ1) is 9.81. The van der Waals surface area contributed by atoms with Crippen LogP contribution in [0.4, 0.5) is 10.1 Å². The average Bonchev–Trinajstić information content (AvgIpc) is 3.25. The fourth-order valence-electron chi connectivity index (χ4n) is 2.93. The van der Waals surface area contributed by atoms with Gasteiger partial charge in [0.25, 0.3) is 0 Å². The Morgan fingerprint density at radius 3 is 2.55 bits per heavy atom. The van der Waals surface area contributed by atoms with Gasteiger partial charge in [-0.3, -0.25) is 0 Å². The molecule has 0 saturated heterocycles. The van der Waals surface area contributed by atoms with E-state index in [1.807, 2.05) is 6.07 Å². The number of nitrogens with one attached hydrogen (secondary N) is 1.